The van der Waals surface area contributed by atoms with Gasteiger partial charge in [-0.05, 0) is 55.4 Å². The average Bonchev–Trinajstić information content (AvgIpc) is 2.32. The molecule has 0 atom stereocenters. The summed E-state index contributed by atoms with van der Waals surface area (Å²) in [4.78, 5) is 0.204. The lowest BCUT2D eigenvalue weighted by Gasteiger charge is -2.34. The highest BCUT2D eigenvalue weighted by molar-refractivity contribution is 7.89. The Morgan fingerprint density at radius 1 is 1.16 bits per heavy atom. The van der Waals surface area contributed by atoms with Crippen LogP contribution in [0.4, 0.5) is 0 Å². The second kappa shape index (κ2) is 5.13. The maximum atomic E-state index is 12.2. The molecule has 19 heavy (non-hydrogen) atoms. The first kappa shape index (κ1) is 14.3. The third-order valence-electron chi connectivity index (χ3n) is 3.81. The van der Waals surface area contributed by atoms with Crippen molar-refractivity contribution in [1.82, 2.24) is 4.72 Å². The Morgan fingerprint density at radius 2 is 1.68 bits per heavy atom. The van der Waals surface area contributed by atoms with E-state index in [2.05, 4.69) is 18.6 Å². The summed E-state index contributed by atoms with van der Waals surface area (Å²) in [7, 11) is -3.48. The zero-order chi connectivity index (χ0) is 14.1. The minimum atomic E-state index is -3.48. The van der Waals surface area contributed by atoms with Crippen molar-refractivity contribution in [2.45, 2.75) is 50.5 Å². The molecule has 0 aromatic heterocycles. The lowest BCUT2D eigenvalue weighted by molar-refractivity contribution is 0.218. The molecule has 0 spiro atoms. The van der Waals surface area contributed by atoms with Crippen molar-refractivity contribution in [2.75, 3.05) is 0 Å². The molecule has 2 N–H and O–H groups in total. The number of hydrogen-bond acceptors (Lipinski definition) is 3. The maximum absolute atomic E-state index is 12.2. The van der Waals surface area contributed by atoms with Crippen LogP contribution < -0.4 is 4.72 Å². The topological polar surface area (TPSA) is 66.4 Å². The van der Waals surface area contributed by atoms with Gasteiger partial charge in [0.1, 0.15) is 5.75 Å². The standard InChI is InChI=1S/C14H21NO3S/c1-14(2)9-7-11(8-10-14)15-19(17,18)13-5-3-12(16)4-6-13/h3-6,11,15-16H,7-10H2,1-2H3. The Kier molecular flexibility index (Phi) is 3.87. The van der Waals surface area contributed by atoms with Gasteiger partial charge in [-0.25, -0.2) is 13.1 Å². The van der Waals surface area contributed by atoms with Gasteiger partial charge in [-0.3, -0.25) is 0 Å². The van der Waals surface area contributed by atoms with Gasteiger partial charge in [0.15, 0.2) is 0 Å². The molecule has 1 aliphatic carbocycles. The molecule has 1 saturated carbocycles. The molecule has 0 saturated heterocycles. The quantitative estimate of drug-likeness (QED) is 0.896. The molecule has 1 aromatic carbocycles. The molecule has 1 aromatic rings. The third-order valence-corrected chi connectivity index (χ3v) is 5.34. The van der Waals surface area contributed by atoms with Crippen LogP contribution in [0.1, 0.15) is 39.5 Å². The number of rotatable bonds is 3. The first-order valence-corrected chi connectivity index (χ1v) is 8.08. The lowest BCUT2D eigenvalue weighted by atomic mass is 9.76. The van der Waals surface area contributed by atoms with E-state index in [0.717, 1.165) is 25.7 Å². The van der Waals surface area contributed by atoms with Gasteiger partial charge in [0.2, 0.25) is 10.0 Å². The van der Waals surface area contributed by atoms with Crippen LogP contribution in [0.2, 0.25) is 0 Å². The highest BCUT2D eigenvalue weighted by Crippen LogP contribution is 2.35. The summed E-state index contributed by atoms with van der Waals surface area (Å²) in [6, 6.07) is 5.64. The van der Waals surface area contributed by atoms with Crippen LogP contribution in [-0.4, -0.2) is 19.6 Å². The number of nitrogens with one attached hydrogen (secondary N) is 1. The zero-order valence-electron chi connectivity index (χ0n) is 11.4. The van der Waals surface area contributed by atoms with Crippen molar-refractivity contribution in [3.63, 3.8) is 0 Å². The maximum Gasteiger partial charge on any atom is 0.240 e. The molecule has 0 heterocycles. The van der Waals surface area contributed by atoms with E-state index < -0.39 is 10.0 Å². The Labute approximate surface area is 114 Å². The normalized spacial score (nSPS) is 20.3. The predicted octanol–water partition coefficient (Wildman–Crippen LogP) is 2.64. The molecular formula is C14H21NO3S. The van der Waals surface area contributed by atoms with Crippen molar-refractivity contribution in [1.29, 1.82) is 0 Å². The van der Waals surface area contributed by atoms with E-state index in [9.17, 15) is 13.5 Å². The fourth-order valence-electron chi connectivity index (χ4n) is 2.43. The fraction of sp³-hybridized carbons (Fsp3) is 0.571. The number of phenolic OH excluding ortho intramolecular Hbond substituents is 1. The van der Waals surface area contributed by atoms with Crippen molar-refractivity contribution < 1.29 is 13.5 Å². The van der Waals surface area contributed by atoms with Gasteiger partial charge in [0.25, 0.3) is 0 Å². The monoisotopic (exact) mass is 283 g/mol. The minimum absolute atomic E-state index is 0.0202. The molecule has 1 aliphatic rings. The van der Waals surface area contributed by atoms with Gasteiger partial charge >= 0.3 is 0 Å². The van der Waals surface area contributed by atoms with Crippen LogP contribution in [0.25, 0.3) is 0 Å². The molecular weight excluding hydrogens is 262 g/mol. The molecule has 1 fully saturated rings. The summed E-state index contributed by atoms with van der Waals surface area (Å²) in [6.07, 6.45) is 3.83. The largest absolute Gasteiger partial charge is 0.508 e. The summed E-state index contributed by atoms with van der Waals surface area (Å²) in [5.74, 6) is 0.0679. The Morgan fingerprint density at radius 3 is 2.21 bits per heavy atom. The third kappa shape index (κ3) is 3.70. The lowest BCUT2D eigenvalue weighted by Crippen LogP contribution is -2.39. The molecule has 0 unspecified atom stereocenters. The number of benzene rings is 1. The van der Waals surface area contributed by atoms with Gasteiger partial charge in [0.05, 0.1) is 4.90 Å². The molecule has 0 bridgehead atoms. The summed E-state index contributed by atoms with van der Waals surface area (Å²) < 4.78 is 27.1. The smallest absolute Gasteiger partial charge is 0.240 e. The highest BCUT2D eigenvalue weighted by Gasteiger charge is 2.29. The summed E-state index contributed by atoms with van der Waals surface area (Å²) in [5, 5.41) is 9.19. The van der Waals surface area contributed by atoms with Crippen molar-refractivity contribution in [2.24, 2.45) is 5.41 Å². The highest BCUT2D eigenvalue weighted by atomic mass is 32.2. The van der Waals surface area contributed by atoms with Crippen LogP contribution >= 0.6 is 0 Å². The van der Waals surface area contributed by atoms with Gasteiger partial charge in [-0.2, -0.15) is 0 Å². The van der Waals surface area contributed by atoms with E-state index in [1.54, 1.807) is 0 Å². The van der Waals surface area contributed by atoms with Crippen LogP contribution in [-0.2, 0) is 10.0 Å². The second-order valence-corrected chi connectivity index (χ2v) is 7.77. The zero-order valence-corrected chi connectivity index (χ0v) is 12.2. The van der Waals surface area contributed by atoms with Crippen molar-refractivity contribution in [3.05, 3.63) is 24.3 Å². The van der Waals surface area contributed by atoms with Crippen molar-refractivity contribution in [3.8, 4) is 5.75 Å². The molecule has 0 amide bonds. The van der Waals surface area contributed by atoms with E-state index in [1.165, 1.54) is 24.3 Å². The molecule has 5 heteroatoms. The Balaban J connectivity index is 2.04. The first-order chi connectivity index (χ1) is 8.78. The van der Waals surface area contributed by atoms with E-state index in [1.807, 2.05) is 0 Å². The molecule has 2 rings (SSSR count). The second-order valence-electron chi connectivity index (χ2n) is 6.05. The van der Waals surface area contributed by atoms with Crippen LogP contribution in [0.5, 0.6) is 5.75 Å². The van der Waals surface area contributed by atoms with E-state index in [4.69, 9.17) is 0 Å². The summed E-state index contributed by atoms with van der Waals surface area (Å²) in [6.45, 7) is 4.44. The minimum Gasteiger partial charge on any atom is -0.508 e. The fourth-order valence-corrected chi connectivity index (χ4v) is 3.73. The number of aromatic hydroxyl groups is 1. The van der Waals surface area contributed by atoms with E-state index >= 15 is 0 Å². The van der Waals surface area contributed by atoms with Crippen LogP contribution in [0, 0.1) is 5.41 Å². The molecule has 106 valence electrons. The molecule has 0 radical (unpaired) electrons. The van der Waals surface area contributed by atoms with Crippen LogP contribution in [0.15, 0.2) is 29.2 Å². The van der Waals surface area contributed by atoms with Gasteiger partial charge in [0, 0.05) is 6.04 Å². The van der Waals surface area contributed by atoms with E-state index in [-0.39, 0.29) is 16.7 Å². The molecule has 4 nitrogen and oxygen atoms in total. The molecule has 0 aliphatic heterocycles. The van der Waals surface area contributed by atoms with Crippen molar-refractivity contribution >= 4 is 10.0 Å². The van der Waals surface area contributed by atoms with Gasteiger partial charge in [-0.15, -0.1) is 0 Å². The van der Waals surface area contributed by atoms with Gasteiger partial charge < -0.3 is 5.11 Å². The number of sulfonamides is 1. The Bertz CT molecular complexity index is 524. The van der Waals surface area contributed by atoms with E-state index in [0.29, 0.717) is 5.41 Å². The average molecular weight is 283 g/mol. The number of hydrogen-bond donors (Lipinski definition) is 2. The van der Waals surface area contributed by atoms with Gasteiger partial charge in [-0.1, -0.05) is 13.8 Å². The predicted molar refractivity (Wildman–Crippen MR) is 74.5 cm³/mol. The first-order valence-electron chi connectivity index (χ1n) is 6.60. The summed E-state index contributed by atoms with van der Waals surface area (Å²) in [5.41, 5.74) is 0.320. The Hall–Kier alpha value is -1.07. The SMILES string of the molecule is CC1(C)CCC(NS(=O)(=O)c2ccc(O)cc2)CC1. The van der Waals surface area contributed by atoms with Crippen LogP contribution in [0.3, 0.4) is 0 Å². The summed E-state index contributed by atoms with van der Waals surface area (Å²) >= 11 is 0. The number of phenols is 1.